The van der Waals surface area contributed by atoms with E-state index in [1.54, 1.807) is 6.26 Å². The molecule has 0 aliphatic carbocycles. The predicted molar refractivity (Wildman–Crippen MR) is 98.9 cm³/mol. The second-order valence-corrected chi connectivity index (χ2v) is 6.86. The topological polar surface area (TPSA) is 36.7 Å². The standard InChI is InChI=1S/C21H28N2O2/c24-21(23-13-7-2-1-3-8-14-23)18-22(17-20-12-9-15-25-20)16-19-10-5-4-6-11-19/h4-6,9-12,15H,1-3,7-8,13-14,16-18H2. The minimum atomic E-state index is 0.240. The van der Waals surface area contributed by atoms with Crippen molar-refractivity contribution in [3.63, 3.8) is 0 Å². The number of likely N-dealkylation sites (tertiary alicyclic amines) is 1. The highest BCUT2D eigenvalue weighted by Crippen LogP contribution is 2.14. The van der Waals surface area contributed by atoms with Crippen LogP contribution >= 0.6 is 0 Å². The zero-order chi connectivity index (χ0) is 17.3. The number of carbonyl (C=O) groups excluding carboxylic acids is 1. The van der Waals surface area contributed by atoms with Crippen molar-refractivity contribution in [2.45, 2.75) is 45.2 Å². The van der Waals surface area contributed by atoms with Crippen LogP contribution in [0, 0.1) is 0 Å². The van der Waals surface area contributed by atoms with Crippen LogP contribution in [0.2, 0.25) is 0 Å². The fourth-order valence-electron chi connectivity index (χ4n) is 3.42. The lowest BCUT2D eigenvalue weighted by molar-refractivity contribution is -0.133. The molecule has 1 aliphatic heterocycles. The van der Waals surface area contributed by atoms with Crippen LogP contribution in [0.15, 0.2) is 53.1 Å². The van der Waals surface area contributed by atoms with Crippen LogP contribution in [-0.4, -0.2) is 35.3 Å². The van der Waals surface area contributed by atoms with Crippen molar-refractivity contribution in [3.05, 3.63) is 60.1 Å². The van der Waals surface area contributed by atoms with Crippen LogP contribution in [0.1, 0.15) is 43.4 Å². The van der Waals surface area contributed by atoms with Gasteiger partial charge in [0.2, 0.25) is 5.91 Å². The molecule has 1 aromatic heterocycles. The molecule has 1 aromatic carbocycles. The Kier molecular flexibility index (Phi) is 6.69. The van der Waals surface area contributed by atoms with Gasteiger partial charge in [-0.25, -0.2) is 0 Å². The molecule has 0 bridgehead atoms. The van der Waals surface area contributed by atoms with Gasteiger partial charge in [-0.15, -0.1) is 0 Å². The smallest absolute Gasteiger partial charge is 0.236 e. The lowest BCUT2D eigenvalue weighted by Gasteiger charge is -2.28. The van der Waals surface area contributed by atoms with E-state index in [0.717, 1.165) is 38.2 Å². The molecule has 0 atom stereocenters. The van der Waals surface area contributed by atoms with E-state index in [2.05, 4.69) is 21.9 Å². The van der Waals surface area contributed by atoms with Crippen molar-refractivity contribution in [2.24, 2.45) is 0 Å². The highest BCUT2D eigenvalue weighted by atomic mass is 16.3. The number of furan rings is 1. The van der Waals surface area contributed by atoms with Crippen LogP contribution in [0.4, 0.5) is 0 Å². The summed E-state index contributed by atoms with van der Waals surface area (Å²) in [6, 6.07) is 14.2. The molecule has 0 N–H and O–H groups in total. The molecular formula is C21H28N2O2. The maximum Gasteiger partial charge on any atom is 0.236 e. The summed E-state index contributed by atoms with van der Waals surface area (Å²) in [6.07, 6.45) is 7.73. The molecule has 1 fully saturated rings. The van der Waals surface area contributed by atoms with Crippen molar-refractivity contribution >= 4 is 5.91 Å². The first kappa shape index (κ1) is 17.7. The Morgan fingerprint density at radius 2 is 1.64 bits per heavy atom. The monoisotopic (exact) mass is 340 g/mol. The highest BCUT2D eigenvalue weighted by molar-refractivity contribution is 5.78. The van der Waals surface area contributed by atoms with Gasteiger partial charge in [0.25, 0.3) is 0 Å². The summed E-state index contributed by atoms with van der Waals surface area (Å²) in [6.45, 7) is 3.65. The van der Waals surface area contributed by atoms with Crippen LogP contribution in [-0.2, 0) is 17.9 Å². The fourth-order valence-corrected chi connectivity index (χ4v) is 3.42. The summed E-state index contributed by atoms with van der Waals surface area (Å²) in [4.78, 5) is 17.1. The largest absolute Gasteiger partial charge is 0.468 e. The molecule has 3 rings (SSSR count). The van der Waals surface area contributed by atoms with E-state index in [1.807, 2.05) is 30.3 Å². The summed E-state index contributed by atoms with van der Waals surface area (Å²) in [7, 11) is 0. The normalized spacial score (nSPS) is 15.8. The molecule has 1 saturated heterocycles. The van der Waals surface area contributed by atoms with Gasteiger partial charge < -0.3 is 9.32 Å². The van der Waals surface area contributed by atoms with Gasteiger partial charge in [0.05, 0.1) is 19.4 Å². The Morgan fingerprint density at radius 1 is 0.920 bits per heavy atom. The number of rotatable bonds is 6. The van der Waals surface area contributed by atoms with Crippen molar-refractivity contribution in [1.82, 2.24) is 9.80 Å². The van der Waals surface area contributed by atoms with E-state index in [-0.39, 0.29) is 5.91 Å². The summed E-state index contributed by atoms with van der Waals surface area (Å²) in [5, 5.41) is 0. The number of nitrogens with zero attached hydrogens (tertiary/aromatic N) is 2. The minimum absolute atomic E-state index is 0.240. The first-order valence-electron chi connectivity index (χ1n) is 9.38. The molecule has 0 radical (unpaired) electrons. The molecule has 2 aromatic rings. The number of benzene rings is 1. The third kappa shape index (κ3) is 5.75. The Morgan fingerprint density at radius 3 is 2.32 bits per heavy atom. The van der Waals surface area contributed by atoms with Crippen molar-refractivity contribution in [1.29, 1.82) is 0 Å². The van der Waals surface area contributed by atoms with Gasteiger partial charge in [-0.2, -0.15) is 0 Å². The Balaban J connectivity index is 1.64. The number of amides is 1. The van der Waals surface area contributed by atoms with E-state index in [4.69, 9.17) is 4.42 Å². The number of carbonyl (C=O) groups is 1. The van der Waals surface area contributed by atoms with Gasteiger partial charge >= 0.3 is 0 Å². The van der Waals surface area contributed by atoms with E-state index in [0.29, 0.717) is 13.1 Å². The second-order valence-electron chi connectivity index (χ2n) is 6.86. The van der Waals surface area contributed by atoms with Gasteiger partial charge in [-0.3, -0.25) is 9.69 Å². The predicted octanol–water partition coefficient (Wildman–Crippen LogP) is 4.07. The maximum absolute atomic E-state index is 12.8. The fraction of sp³-hybridized carbons (Fsp3) is 0.476. The summed E-state index contributed by atoms with van der Waals surface area (Å²) in [5.74, 6) is 1.14. The first-order chi connectivity index (χ1) is 12.3. The summed E-state index contributed by atoms with van der Waals surface area (Å²) < 4.78 is 5.50. The van der Waals surface area contributed by atoms with E-state index >= 15 is 0 Å². The molecule has 0 unspecified atom stereocenters. The van der Waals surface area contributed by atoms with Gasteiger partial charge in [0.1, 0.15) is 5.76 Å². The van der Waals surface area contributed by atoms with E-state index in [9.17, 15) is 4.79 Å². The molecule has 4 heteroatoms. The molecular weight excluding hydrogens is 312 g/mol. The zero-order valence-electron chi connectivity index (χ0n) is 14.9. The quantitative estimate of drug-likeness (QED) is 0.795. The second kappa shape index (κ2) is 9.42. The van der Waals surface area contributed by atoms with Crippen LogP contribution in [0.5, 0.6) is 0 Å². The summed E-state index contributed by atoms with van der Waals surface area (Å²) >= 11 is 0. The third-order valence-corrected chi connectivity index (χ3v) is 4.78. The van der Waals surface area contributed by atoms with Crippen molar-refractivity contribution < 1.29 is 9.21 Å². The minimum Gasteiger partial charge on any atom is -0.468 e. The maximum atomic E-state index is 12.8. The average molecular weight is 340 g/mol. The van der Waals surface area contributed by atoms with Gasteiger partial charge in [-0.1, -0.05) is 49.6 Å². The van der Waals surface area contributed by atoms with E-state index < -0.39 is 0 Å². The highest BCUT2D eigenvalue weighted by Gasteiger charge is 2.19. The lowest BCUT2D eigenvalue weighted by Crippen LogP contribution is -2.41. The summed E-state index contributed by atoms with van der Waals surface area (Å²) in [5.41, 5.74) is 1.22. The third-order valence-electron chi connectivity index (χ3n) is 4.78. The number of hydrogen-bond donors (Lipinski definition) is 0. The average Bonchev–Trinajstić information content (AvgIpc) is 3.08. The zero-order valence-corrected chi connectivity index (χ0v) is 14.9. The molecule has 0 spiro atoms. The van der Waals surface area contributed by atoms with Gasteiger partial charge in [-0.05, 0) is 30.5 Å². The van der Waals surface area contributed by atoms with Gasteiger partial charge in [0.15, 0.2) is 0 Å². The van der Waals surface area contributed by atoms with Crippen LogP contribution in [0.25, 0.3) is 0 Å². The molecule has 1 aliphatic rings. The molecule has 2 heterocycles. The lowest BCUT2D eigenvalue weighted by atomic mass is 10.1. The SMILES string of the molecule is O=C(CN(Cc1ccccc1)Cc1ccco1)N1CCCCCCC1. The Hall–Kier alpha value is -2.07. The molecule has 4 nitrogen and oxygen atoms in total. The van der Waals surface area contributed by atoms with Crippen molar-refractivity contribution in [2.75, 3.05) is 19.6 Å². The van der Waals surface area contributed by atoms with Gasteiger partial charge in [0, 0.05) is 19.6 Å². The van der Waals surface area contributed by atoms with Crippen LogP contribution < -0.4 is 0 Å². The van der Waals surface area contributed by atoms with Crippen molar-refractivity contribution in [3.8, 4) is 0 Å². The molecule has 134 valence electrons. The Labute approximate surface area is 150 Å². The molecule has 1 amide bonds. The van der Waals surface area contributed by atoms with E-state index in [1.165, 1.54) is 24.8 Å². The van der Waals surface area contributed by atoms with Crippen LogP contribution in [0.3, 0.4) is 0 Å². The Bertz CT molecular complexity index is 617. The molecule has 0 saturated carbocycles. The molecule has 25 heavy (non-hydrogen) atoms. The number of hydrogen-bond acceptors (Lipinski definition) is 3. The first-order valence-corrected chi connectivity index (χ1v) is 9.38.